The molecule has 72 valence electrons. The Morgan fingerprint density at radius 2 is 1.17 bits per heavy atom. The largest absolute Gasteiger partial charge is 0.185 e. The van der Waals surface area contributed by atoms with Gasteiger partial charge in [-0.2, -0.15) is 1.33 Å². The van der Waals surface area contributed by atoms with Crippen molar-refractivity contribution in [2.75, 3.05) is 0 Å². The highest BCUT2D eigenvalue weighted by atomic mass is 127. The molecule has 1 nitrogen and oxygen atoms in total. The van der Waals surface area contributed by atoms with Crippen LogP contribution in [0.4, 0.5) is 0 Å². The second-order valence-electron chi connectivity index (χ2n) is 3.61. The van der Waals surface area contributed by atoms with Crippen molar-refractivity contribution < 1.29 is 0 Å². The van der Waals surface area contributed by atoms with Gasteiger partial charge in [-0.05, 0) is 12.8 Å². The van der Waals surface area contributed by atoms with E-state index in [-0.39, 0.29) is 0 Å². The van der Waals surface area contributed by atoms with Gasteiger partial charge in [0.25, 0.3) is 0 Å². The molecular weight excluding hydrogens is 376 g/mol. The van der Waals surface area contributed by atoms with E-state index in [1.807, 2.05) is 0 Å². The Morgan fingerprint density at radius 3 is 1.58 bits per heavy atom. The number of hydrogen-bond donors (Lipinski definition) is 0. The summed E-state index contributed by atoms with van der Waals surface area (Å²) in [4.78, 5) is 0. The molecule has 0 saturated heterocycles. The summed E-state index contributed by atoms with van der Waals surface area (Å²) in [6.07, 6.45) is 11.5. The molecule has 0 N–H and O–H groups in total. The first-order valence-corrected chi connectivity index (χ1v) is 6.84. The Labute approximate surface area is 104 Å². The van der Waals surface area contributed by atoms with Gasteiger partial charge < -0.3 is 0 Å². The molecule has 0 aliphatic heterocycles. The fourth-order valence-corrected chi connectivity index (χ4v) is 2.92. The van der Waals surface area contributed by atoms with E-state index >= 15 is 0 Å². The first-order chi connectivity index (χ1) is 5.80. The van der Waals surface area contributed by atoms with Gasteiger partial charge in [-0.15, -0.1) is 0 Å². The third-order valence-electron chi connectivity index (χ3n) is 2.60. The predicted molar refractivity (Wildman–Crippen MR) is 70.6 cm³/mol. The quantitative estimate of drug-likeness (QED) is 0.469. The highest BCUT2D eigenvalue weighted by Gasteiger charge is 2.14. The van der Waals surface area contributed by atoms with Crippen molar-refractivity contribution in [2.24, 2.45) is 0 Å². The molecule has 3 heteroatoms. The maximum absolute atomic E-state index is 2.42. The molecule has 1 aliphatic carbocycles. The zero-order valence-corrected chi connectivity index (χ0v) is 11.8. The minimum absolute atomic E-state index is 0.837. The summed E-state index contributed by atoms with van der Waals surface area (Å²) >= 11 is 4.85. The van der Waals surface area contributed by atoms with Crippen LogP contribution in [0, 0.1) is 0 Å². The van der Waals surface area contributed by atoms with Crippen molar-refractivity contribution in [3.05, 3.63) is 0 Å². The van der Waals surface area contributed by atoms with Gasteiger partial charge >= 0.3 is 0 Å². The molecule has 0 aromatic carbocycles. The fourth-order valence-electron chi connectivity index (χ4n) is 1.81. The normalized spacial score (nSPS) is 23.2. The summed E-state index contributed by atoms with van der Waals surface area (Å²) in [5.74, 6) is 0. The number of hydrogen-bond acceptors (Lipinski definition) is 1. The second-order valence-corrected chi connectivity index (χ2v) is 7.54. The van der Waals surface area contributed by atoms with Gasteiger partial charge in [0.15, 0.2) is 0 Å². The van der Waals surface area contributed by atoms with Crippen molar-refractivity contribution in [3.63, 3.8) is 0 Å². The SMILES string of the molecule is IN(I)C1CCCCCCCC1. The highest BCUT2D eigenvalue weighted by molar-refractivity contribution is 14.2. The van der Waals surface area contributed by atoms with Gasteiger partial charge in [0, 0.05) is 51.8 Å². The number of rotatable bonds is 1. The molecule has 0 unspecified atom stereocenters. The molecule has 0 aromatic rings. The molecule has 0 spiro atoms. The van der Waals surface area contributed by atoms with E-state index in [2.05, 4.69) is 47.1 Å². The van der Waals surface area contributed by atoms with Crippen LogP contribution in [-0.2, 0) is 0 Å². The molecule has 0 heterocycles. The van der Waals surface area contributed by atoms with Crippen LogP contribution in [0.25, 0.3) is 0 Å². The molecule has 0 amide bonds. The van der Waals surface area contributed by atoms with Crippen molar-refractivity contribution in [2.45, 2.75) is 57.4 Å². The number of nitrogens with zero attached hydrogens (tertiary/aromatic N) is 1. The first kappa shape index (κ1) is 11.5. The van der Waals surface area contributed by atoms with E-state index in [0.29, 0.717) is 0 Å². The van der Waals surface area contributed by atoms with Crippen LogP contribution in [0.5, 0.6) is 0 Å². The third-order valence-corrected chi connectivity index (χ3v) is 4.18. The highest BCUT2D eigenvalue weighted by Crippen LogP contribution is 2.25. The Balaban J connectivity index is 2.28. The van der Waals surface area contributed by atoms with Crippen LogP contribution in [-0.4, -0.2) is 7.37 Å². The first-order valence-electron chi connectivity index (χ1n) is 4.91. The summed E-state index contributed by atoms with van der Waals surface area (Å²) in [7, 11) is 0. The van der Waals surface area contributed by atoms with Crippen LogP contribution in [0.3, 0.4) is 0 Å². The van der Waals surface area contributed by atoms with Crippen molar-refractivity contribution in [1.82, 2.24) is 1.33 Å². The molecule has 0 aromatic heterocycles. The molecule has 12 heavy (non-hydrogen) atoms. The van der Waals surface area contributed by atoms with E-state index in [1.54, 1.807) is 0 Å². The average Bonchev–Trinajstić information content (AvgIpc) is 2.15. The molecule has 1 fully saturated rings. The molecule has 0 bridgehead atoms. The maximum Gasteiger partial charge on any atom is 0.0311 e. The zero-order valence-electron chi connectivity index (χ0n) is 7.44. The van der Waals surface area contributed by atoms with E-state index in [1.165, 1.54) is 51.4 Å². The predicted octanol–water partition coefficient (Wildman–Crippen LogP) is 4.49. The summed E-state index contributed by atoms with van der Waals surface area (Å²) in [5, 5.41) is 0. The molecule has 1 rings (SSSR count). The van der Waals surface area contributed by atoms with E-state index in [0.717, 1.165) is 6.04 Å². The Hall–Kier alpha value is 1.42. The topological polar surface area (TPSA) is 3.24 Å². The van der Waals surface area contributed by atoms with Crippen LogP contribution < -0.4 is 0 Å². The van der Waals surface area contributed by atoms with Crippen LogP contribution in [0.15, 0.2) is 0 Å². The van der Waals surface area contributed by atoms with Gasteiger partial charge in [0.2, 0.25) is 0 Å². The van der Waals surface area contributed by atoms with Crippen LogP contribution in [0.1, 0.15) is 51.4 Å². The van der Waals surface area contributed by atoms with E-state index in [9.17, 15) is 0 Å². The summed E-state index contributed by atoms with van der Waals surface area (Å²) in [5.41, 5.74) is 0. The smallest absolute Gasteiger partial charge is 0.0311 e. The lowest BCUT2D eigenvalue weighted by Gasteiger charge is -2.19. The molecule has 0 radical (unpaired) electrons. The Kier molecular flexibility index (Phi) is 6.53. The molecule has 1 saturated carbocycles. The lowest BCUT2D eigenvalue weighted by Crippen LogP contribution is -2.17. The van der Waals surface area contributed by atoms with Gasteiger partial charge in [0.05, 0.1) is 0 Å². The summed E-state index contributed by atoms with van der Waals surface area (Å²) < 4.78 is 2.35. The summed E-state index contributed by atoms with van der Waals surface area (Å²) in [6, 6.07) is 0.837. The maximum atomic E-state index is 2.42. The minimum Gasteiger partial charge on any atom is -0.185 e. The monoisotopic (exact) mass is 393 g/mol. The molecular formula is C9H17I2N. The third kappa shape index (κ3) is 4.60. The zero-order chi connectivity index (χ0) is 8.81. The average molecular weight is 393 g/mol. The van der Waals surface area contributed by atoms with Crippen molar-refractivity contribution in [1.29, 1.82) is 0 Å². The lowest BCUT2D eigenvalue weighted by molar-refractivity contribution is 0.457. The van der Waals surface area contributed by atoms with Crippen molar-refractivity contribution >= 4 is 45.7 Å². The van der Waals surface area contributed by atoms with E-state index in [4.69, 9.17) is 0 Å². The molecule has 1 aliphatic rings. The van der Waals surface area contributed by atoms with Gasteiger partial charge in [-0.3, -0.25) is 0 Å². The fraction of sp³-hybridized carbons (Fsp3) is 1.00. The van der Waals surface area contributed by atoms with Crippen molar-refractivity contribution in [3.8, 4) is 0 Å². The van der Waals surface area contributed by atoms with Crippen LogP contribution >= 0.6 is 45.7 Å². The molecule has 0 atom stereocenters. The van der Waals surface area contributed by atoms with Gasteiger partial charge in [0.1, 0.15) is 0 Å². The second kappa shape index (κ2) is 6.81. The Morgan fingerprint density at radius 1 is 0.750 bits per heavy atom. The van der Waals surface area contributed by atoms with Gasteiger partial charge in [-0.1, -0.05) is 38.5 Å². The standard InChI is InChI=1S/C9H17I2N/c10-12(11)9-7-5-3-1-2-4-6-8-9/h9H,1-8H2. The minimum atomic E-state index is 0.837. The van der Waals surface area contributed by atoms with Gasteiger partial charge in [-0.25, -0.2) is 0 Å². The Bertz CT molecular complexity index is 107. The van der Waals surface area contributed by atoms with Crippen LogP contribution in [0.2, 0.25) is 0 Å². The van der Waals surface area contributed by atoms with E-state index < -0.39 is 0 Å². The number of halogens is 2. The lowest BCUT2D eigenvalue weighted by atomic mass is 10.1. The summed E-state index contributed by atoms with van der Waals surface area (Å²) in [6.45, 7) is 0.